The quantitative estimate of drug-likeness (QED) is 0.629. The van der Waals surface area contributed by atoms with Crippen LogP contribution in [0.5, 0.6) is 5.75 Å². The first-order valence-corrected chi connectivity index (χ1v) is 10.7. The number of benzene rings is 2. The minimum atomic E-state index is -0.0611. The Morgan fingerprint density at radius 3 is 2.67 bits per heavy atom. The first-order valence-electron chi connectivity index (χ1n) is 9.94. The number of carbonyl (C=O) groups is 2. The predicted molar refractivity (Wildman–Crippen MR) is 116 cm³/mol. The van der Waals surface area contributed by atoms with Crippen LogP contribution in [0.25, 0.3) is 11.0 Å². The number of nitrogens with zero attached hydrogens (tertiary/aromatic N) is 4. The van der Waals surface area contributed by atoms with E-state index >= 15 is 0 Å². The third-order valence-corrected chi connectivity index (χ3v) is 6.12. The number of piperidine rings is 1. The molecule has 1 aliphatic rings. The third kappa shape index (κ3) is 4.28. The minimum absolute atomic E-state index is 0.0154. The van der Waals surface area contributed by atoms with Crippen LogP contribution in [0, 0.1) is 5.92 Å². The van der Waals surface area contributed by atoms with Crippen LogP contribution in [0.2, 0.25) is 0 Å². The maximum absolute atomic E-state index is 12.9. The Balaban J connectivity index is 1.33. The summed E-state index contributed by atoms with van der Waals surface area (Å²) in [4.78, 5) is 29.3. The molecule has 156 valence electrons. The molecule has 2 amide bonds. The summed E-state index contributed by atoms with van der Waals surface area (Å²) in [5.41, 5.74) is 3.40. The largest absolute Gasteiger partial charge is 0.497 e. The fourth-order valence-electron chi connectivity index (χ4n) is 3.86. The zero-order valence-electron chi connectivity index (χ0n) is 17.1. The summed E-state index contributed by atoms with van der Waals surface area (Å²) in [5.74, 6) is 0.714. The van der Waals surface area contributed by atoms with Gasteiger partial charge in [0.2, 0.25) is 5.91 Å². The highest BCUT2D eigenvalue weighted by Gasteiger charge is 2.29. The topological polar surface area (TPSA) is 75.6 Å². The molecule has 0 saturated carbocycles. The second-order valence-corrected chi connectivity index (χ2v) is 8.11. The summed E-state index contributed by atoms with van der Waals surface area (Å²) >= 11 is 1.19. The number of likely N-dealkylation sites (tertiary alicyclic amines) is 1. The van der Waals surface area contributed by atoms with Crippen molar-refractivity contribution in [3.8, 4) is 5.75 Å². The zero-order chi connectivity index (χ0) is 21.1. The van der Waals surface area contributed by atoms with Crippen LogP contribution >= 0.6 is 11.7 Å². The van der Waals surface area contributed by atoms with Gasteiger partial charge in [0.1, 0.15) is 16.8 Å². The van der Waals surface area contributed by atoms with Crippen molar-refractivity contribution in [1.29, 1.82) is 0 Å². The summed E-state index contributed by atoms with van der Waals surface area (Å²) in [7, 11) is 3.42. The summed E-state index contributed by atoms with van der Waals surface area (Å²) in [6, 6.07) is 13.1. The molecule has 0 bridgehead atoms. The van der Waals surface area contributed by atoms with E-state index in [0.29, 0.717) is 43.8 Å². The van der Waals surface area contributed by atoms with Crippen LogP contribution < -0.4 is 4.74 Å². The van der Waals surface area contributed by atoms with Gasteiger partial charge in [0.15, 0.2) is 0 Å². The van der Waals surface area contributed by atoms with Crippen LogP contribution in [0.3, 0.4) is 0 Å². The fraction of sp³-hybridized carbons (Fsp3) is 0.364. The van der Waals surface area contributed by atoms with E-state index in [-0.39, 0.29) is 17.7 Å². The van der Waals surface area contributed by atoms with Crippen molar-refractivity contribution < 1.29 is 14.3 Å². The fourth-order valence-corrected chi connectivity index (χ4v) is 4.38. The summed E-state index contributed by atoms with van der Waals surface area (Å²) < 4.78 is 13.7. The van der Waals surface area contributed by atoms with Crippen molar-refractivity contribution in [3.63, 3.8) is 0 Å². The van der Waals surface area contributed by atoms with Gasteiger partial charge in [0.05, 0.1) is 18.8 Å². The molecule has 8 heteroatoms. The lowest BCUT2D eigenvalue weighted by Gasteiger charge is -2.33. The van der Waals surface area contributed by atoms with Gasteiger partial charge in [-0.15, -0.1) is 0 Å². The van der Waals surface area contributed by atoms with Crippen molar-refractivity contribution in [2.45, 2.75) is 19.4 Å². The molecule has 1 saturated heterocycles. The Morgan fingerprint density at radius 1 is 1.13 bits per heavy atom. The smallest absolute Gasteiger partial charge is 0.253 e. The highest BCUT2D eigenvalue weighted by molar-refractivity contribution is 7.00. The normalized spacial score (nSPS) is 14.7. The monoisotopic (exact) mass is 424 g/mol. The molecular formula is C22H24N4O3S. The number of amides is 2. The zero-order valence-corrected chi connectivity index (χ0v) is 17.9. The van der Waals surface area contributed by atoms with Crippen LogP contribution in [-0.2, 0) is 11.3 Å². The van der Waals surface area contributed by atoms with E-state index < -0.39 is 0 Å². The van der Waals surface area contributed by atoms with Crippen molar-refractivity contribution in [2.75, 3.05) is 27.2 Å². The Kier molecular flexibility index (Phi) is 5.94. The highest BCUT2D eigenvalue weighted by Crippen LogP contribution is 2.23. The number of rotatable bonds is 5. The van der Waals surface area contributed by atoms with E-state index in [1.165, 1.54) is 11.7 Å². The molecular weight excluding hydrogens is 400 g/mol. The molecule has 0 N–H and O–H groups in total. The SMILES string of the molecule is COc1cccc(C(=O)N2CCC(C(=O)N(C)Cc3ccc4nsnc4c3)CC2)c1. The standard InChI is InChI=1S/C22H24N4O3S/c1-25(14-15-6-7-19-20(12-15)24-30-23-19)21(27)16-8-10-26(11-9-16)22(28)17-4-3-5-18(13-17)29-2/h3-7,12-13,16H,8-11,14H2,1-2H3. The van der Waals surface area contributed by atoms with Gasteiger partial charge < -0.3 is 14.5 Å². The molecule has 7 nitrogen and oxygen atoms in total. The van der Waals surface area contributed by atoms with Crippen LogP contribution in [-0.4, -0.2) is 57.6 Å². The molecule has 0 spiro atoms. The van der Waals surface area contributed by atoms with E-state index in [2.05, 4.69) is 8.75 Å². The lowest BCUT2D eigenvalue weighted by Crippen LogP contribution is -2.43. The number of hydrogen-bond donors (Lipinski definition) is 0. The van der Waals surface area contributed by atoms with Crippen molar-refractivity contribution in [3.05, 3.63) is 53.6 Å². The number of hydrogen-bond acceptors (Lipinski definition) is 6. The molecule has 0 atom stereocenters. The molecule has 1 aliphatic heterocycles. The highest BCUT2D eigenvalue weighted by atomic mass is 32.1. The van der Waals surface area contributed by atoms with Crippen LogP contribution in [0.15, 0.2) is 42.5 Å². The van der Waals surface area contributed by atoms with Gasteiger partial charge in [0, 0.05) is 38.2 Å². The second-order valence-electron chi connectivity index (χ2n) is 7.58. The first-order chi connectivity index (χ1) is 14.5. The molecule has 1 fully saturated rings. The molecule has 30 heavy (non-hydrogen) atoms. The van der Waals surface area contributed by atoms with Gasteiger partial charge in [0.25, 0.3) is 5.91 Å². The lowest BCUT2D eigenvalue weighted by molar-refractivity contribution is -0.136. The lowest BCUT2D eigenvalue weighted by atomic mass is 9.94. The predicted octanol–water partition coefficient (Wildman–Crippen LogP) is 3.21. The maximum Gasteiger partial charge on any atom is 0.253 e. The molecule has 3 aromatic rings. The molecule has 1 aromatic heterocycles. The van der Waals surface area contributed by atoms with E-state index in [0.717, 1.165) is 16.6 Å². The van der Waals surface area contributed by atoms with Gasteiger partial charge in [-0.2, -0.15) is 8.75 Å². The van der Waals surface area contributed by atoms with Crippen LogP contribution in [0.4, 0.5) is 0 Å². The number of carbonyl (C=O) groups excluding carboxylic acids is 2. The Labute approximate surface area is 179 Å². The summed E-state index contributed by atoms with van der Waals surface area (Å²) in [5, 5.41) is 0. The Bertz CT molecular complexity index is 1060. The number of aromatic nitrogens is 2. The van der Waals surface area contributed by atoms with Gasteiger partial charge in [-0.25, -0.2) is 0 Å². The van der Waals surface area contributed by atoms with Gasteiger partial charge >= 0.3 is 0 Å². The minimum Gasteiger partial charge on any atom is -0.497 e. The number of fused-ring (bicyclic) bond motifs is 1. The third-order valence-electron chi connectivity index (χ3n) is 5.56. The van der Waals surface area contributed by atoms with E-state index in [1.807, 2.05) is 42.3 Å². The van der Waals surface area contributed by atoms with Gasteiger partial charge in [-0.3, -0.25) is 9.59 Å². The van der Waals surface area contributed by atoms with Gasteiger partial charge in [-0.1, -0.05) is 12.1 Å². The Hall–Kier alpha value is -3.00. The average Bonchev–Trinajstić information content (AvgIpc) is 3.26. The molecule has 0 radical (unpaired) electrons. The van der Waals surface area contributed by atoms with E-state index in [9.17, 15) is 9.59 Å². The van der Waals surface area contributed by atoms with Gasteiger partial charge in [-0.05, 0) is 48.7 Å². The maximum atomic E-state index is 12.9. The first kappa shape index (κ1) is 20.3. The second kappa shape index (κ2) is 8.79. The number of methoxy groups -OCH3 is 1. The van der Waals surface area contributed by atoms with E-state index in [4.69, 9.17) is 4.74 Å². The Morgan fingerprint density at radius 2 is 1.90 bits per heavy atom. The number of ether oxygens (including phenoxy) is 1. The van der Waals surface area contributed by atoms with E-state index in [1.54, 1.807) is 24.1 Å². The van der Waals surface area contributed by atoms with Crippen molar-refractivity contribution in [2.24, 2.45) is 5.92 Å². The molecule has 2 heterocycles. The molecule has 4 rings (SSSR count). The molecule has 0 unspecified atom stereocenters. The van der Waals surface area contributed by atoms with Crippen molar-refractivity contribution >= 4 is 34.6 Å². The molecule has 2 aromatic carbocycles. The summed E-state index contributed by atoms with van der Waals surface area (Å²) in [6.45, 7) is 1.70. The van der Waals surface area contributed by atoms with Crippen molar-refractivity contribution in [1.82, 2.24) is 18.5 Å². The molecule has 0 aliphatic carbocycles. The summed E-state index contributed by atoms with van der Waals surface area (Å²) in [6.07, 6.45) is 1.35. The van der Waals surface area contributed by atoms with Crippen LogP contribution in [0.1, 0.15) is 28.8 Å². The average molecular weight is 425 g/mol.